The summed E-state index contributed by atoms with van der Waals surface area (Å²) < 4.78 is 0. The average Bonchev–Trinajstić information content (AvgIpc) is 2.90. The fourth-order valence-corrected chi connectivity index (χ4v) is 3.64. The molecule has 13 heavy (non-hydrogen) atoms. The summed E-state index contributed by atoms with van der Waals surface area (Å²) in [4.78, 5) is 0. The molecule has 2 nitrogen and oxygen atoms in total. The maximum atomic E-state index is 5.88. The minimum Gasteiger partial charge on any atom is -0.330 e. The molecule has 0 aromatic rings. The van der Waals surface area contributed by atoms with Crippen molar-refractivity contribution < 1.29 is 0 Å². The first-order valence-electron chi connectivity index (χ1n) is 5.84. The zero-order valence-corrected chi connectivity index (χ0v) is 8.21. The number of nitrogens with one attached hydrogen (secondary N) is 1. The summed E-state index contributed by atoms with van der Waals surface area (Å²) in [6.45, 7) is 0.926. The number of rotatable bonds is 2. The first kappa shape index (κ1) is 8.25. The third-order valence-corrected chi connectivity index (χ3v) is 4.34. The van der Waals surface area contributed by atoms with Crippen molar-refractivity contribution in [2.45, 2.75) is 44.2 Å². The molecule has 0 aromatic carbocycles. The number of hydrogen-bond acceptors (Lipinski definition) is 2. The molecule has 2 heterocycles. The van der Waals surface area contributed by atoms with Crippen LogP contribution in [0.3, 0.4) is 0 Å². The first-order chi connectivity index (χ1) is 6.38. The van der Waals surface area contributed by atoms with Gasteiger partial charge in [-0.3, -0.25) is 0 Å². The lowest BCUT2D eigenvalue weighted by Crippen LogP contribution is -2.48. The van der Waals surface area contributed by atoms with Crippen molar-refractivity contribution in [1.82, 2.24) is 5.32 Å². The van der Waals surface area contributed by atoms with E-state index in [4.69, 9.17) is 5.73 Å². The molecule has 3 N–H and O–H groups in total. The molecule has 0 spiro atoms. The summed E-state index contributed by atoms with van der Waals surface area (Å²) in [5, 5.41) is 3.77. The van der Waals surface area contributed by atoms with Gasteiger partial charge in [0.2, 0.25) is 0 Å². The molecule has 0 aromatic heterocycles. The molecule has 1 aliphatic carbocycles. The van der Waals surface area contributed by atoms with Crippen LogP contribution in [0, 0.1) is 17.8 Å². The van der Waals surface area contributed by atoms with Gasteiger partial charge in [-0.2, -0.15) is 0 Å². The minimum atomic E-state index is 0.813. The van der Waals surface area contributed by atoms with Crippen LogP contribution in [-0.4, -0.2) is 18.6 Å². The lowest BCUT2D eigenvalue weighted by atomic mass is 9.78. The van der Waals surface area contributed by atoms with Gasteiger partial charge in [0, 0.05) is 12.1 Å². The summed E-state index contributed by atoms with van der Waals surface area (Å²) in [6, 6.07) is 1.65. The Bertz CT molecular complexity index is 200. The molecule has 3 aliphatic rings. The average molecular weight is 180 g/mol. The van der Waals surface area contributed by atoms with E-state index in [0.717, 1.165) is 36.4 Å². The van der Waals surface area contributed by atoms with Crippen molar-refractivity contribution >= 4 is 0 Å². The molecule has 2 aliphatic heterocycles. The standard InChI is InChI=1S/C11H20N2/c12-6-8-5-9-3-4-10(13-9)11(8)7-1-2-7/h7-11,13H,1-6,12H2. The molecule has 74 valence electrons. The Morgan fingerprint density at radius 1 is 1.15 bits per heavy atom. The van der Waals surface area contributed by atoms with Crippen molar-refractivity contribution in [2.75, 3.05) is 6.54 Å². The van der Waals surface area contributed by atoms with E-state index in [1.54, 1.807) is 0 Å². The Kier molecular flexibility index (Phi) is 1.88. The van der Waals surface area contributed by atoms with E-state index in [0.29, 0.717) is 0 Å². The maximum absolute atomic E-state index is 5.88. The molecule has 3 fully saturated rings. The van der Waals surface area contributed by atoms with Gasteiger partial charge in [0.1, 0.15) is 0 Å². The zero-order valence-electron chi connectivity index (χ0n) is 8.21. The highest BCUT2D eigenvalue weighted by molar-refractivity contribution is 5.02. The highest BCUT2D eigenvalue weighted by Crippen LogP contribution is 2.48. The van der Waals surface area contributed by atoms with E-state index in [2.05, 4.69) is 5.32 Å². The summed E-state index contributed by atoms with van der Waals surface area (Å²) >= 11 is 0. The van der Waals surface area contributed by atoms with Gasteiger partial charge >= 0.3 is 0 Å². The van der Waals surface area contributed by atoms with Crippen molar-refractivity contribution in [3.63, 3.8) is 0 Å². The van der Waals surface area contributed by atoms with E-state index >= 15 is 0 Å². The summed E-state index contributed by atoms with van der Waals surface area (Å²) in [7, 11) is 0. The molecule has 2 bridgehead atoms. The molecule has 2 heteroatoms. The van der Waals surface area contributed by atoms with Crippen LogP contribution in [0.25, 0.3) is 0 Å². The van der Waals surface area contributed by atoms with Crippen LogP contribution < -0.4 is 11.1 Å². The van der Waals surface area contributed by atoms with E-state index < -0.39 is 0 Å². The van der Waals surface area contributed by atoms with Gasteiger partial charge in [0.15, 0.2) is 0 Å². The number of fused-ring (bicyclic) bond motifs is 2. The molecule has 0 amide bonds. The summed E-state index contributed by atoms with van der Waals surface area (Å²) in [6.07, 6.45) is 7.13. The van der Waals surface area contributed by atoms with Crippen LogP contribution in [0.5, 0.6) is 0 Å². The van der Waals surface area contributed by atoms with Crippen LogP contribution in [0.15, 0.2) is 0 Å². The summed E-state index contributed by atoms with van der Waals surface area (Å²) in [5.74, 6) is 2.81. The second-order valence-corrected chi connectivity index (χ2v) is 5.19. The lowest BCUT2D eigenvalue weighted by Gasteiger charge is -2.37. The van der Waals surface area contributed by atoms with Crippen LogP contribution in [0.2, 0.25) is 0 Å². The van der Waals surface area contributed by atoms with Gasteiger partial charge in [-0.05, 0) is 56.4 Å². The second-order valence-electron chi connectivity index (χ2n) is 5.19. The Labute approximate surface area is 80.3 Å². The molecular weight excluding hydrogens is 160 g/mol. The first-order valence-corrected chi connectivity index (χ1v) is 5.84. The Morgan fingerprint density at radius 3 is 2.69 bits per heavy atom. The van der Waals surface area contributed by atoms with Crippen LogP contribution in [0.1, 0.15) is 32.1 Å². The molecule has 4 unspecified atom stereocenters. The van der Waals surface area contributed by atoms with Gasteiger partial charge < -0.3 is 11.1 Å². The van der Waals surface area contributed by atoms with Gasteiger partial charge in [-0.25, -0.2) is 0 Å². The molecule has 2 saturated heterocycles. The molecule has 1 saturated carbocycles. The number of hydrogen-bond donors (Lipinski definition) is 2. The zero-order chi connectivity index (χ0) is 8.84. The smallest absolute Gasteiger partial charge is 0.0104 e. The van der Waals surface area contributed by atoms with Gasteiger partial charge in [-0.1, -0.05) is 0 Å². The fraction of sp³-hybridized carbons (Fsp3) is 1.00. The monoisotopic (exact) mass is 180 g/mol. The normalized spacial score (nSPS) is 49.6. The van der Waals surface area contributed by atoms with Gasteiger partial charge in [0.25, 0.3) is 0 Å². The van der Waals surface area contributed by atoms with Crippen LogP contribution >= 0.6 is 0 Å². The molecular formula is C11H20N2. The number of piperidine rings is 1. The van der Waals surface area contributed by atoms with E-state index in [9.17, 15) is 0 Å². The lowest BCUT2D eigenvalue weighted by molar-refractivity contribution is 0.174. The Hall–Kier alpha value is -0.0800. The van der Waals surface area contributed by atoms with Crippen molar-refractivity contribution in [1.29, 1.82) is 0 Å². The van der Waals surface area contributed by atoms with Crippen molar-refractivity contribution in [3.05, 3.63) is 0 Å². The maximum Gasteiger partial charge on any atom is 0.0104 e. The Balaban J connectivity index is 1.78. The third-order valence-electron chi connectivity index (χ3n) is 4.34. The van der Waals surface area contributed by atoms with Crippen molar-refractivity contribution in [3.8, 4) is 0 Å². The summed E-state index contributed by atoms with van der Waals surface area (Å²) in [5.41, 5.74) is 5.88. The highest BCUT2D eigenvalue weighted by atomic mass is 15.0. The Morgan fingerprint density at radius 2 is 2.00 bits per heavy atom. The van der Waals surface area contributed by atoms with E-state index in [1.807, 2.05) is 0 Å². The fourth-order valence-electron chi connectivity index (χ4n) is 3.64. The predicted octanol–water partition coefficient (Wildman–Crippen LogP) is 1.11. The van der Waals surface area contributed by atoms with Gasteiger partial charge in [-0.15, -0.1) is 0 Å². The molecule has 4 atom stereocenters. The highest BCUT2D eigenvalue weighted by Gasteiger charge is 2.47. The van der Waals surface area contributed by atoms with E-state index in [-0.39, 0.29) is 0 Å². The molecule has 0 radical (unpaired) electrons. The number of nitrogens with two attached hydrogens (primary N) is 1. The minimum absolute atomic E-state index is 0.813. The third kappa shape index (κ3) is 1.31. The quantitative estimate of drug-likeness (QED) is 0.668. The second kappa shape index (κ2) is 2.96. The van der Waals surface area contributed by atoms with Gasteiger partial charge in [0.05, 0.1) is 0 Å². The van der Waals surface area contributed by atoms with Crippen LogP contribution in [0.4, 0.5) is 0 Å². The predicted molar refractivity (Wildman–Crippen MR) is 53.3 cm³/mol. The van der Waals surface area contributed by atoms with E-state index in [1.165, 1.54) is 32.1 Å². The molecule has 3 rings (SSSR count). The van der Waals surface area contributed by atoms with Crippen LogP contribution in [-0.2, 0) is 0 Å². The largest absolute Gasteiger partial charge is 0.330 e. The SMILES string of the molecule is NCC1CC2CCC(N2)C1C1CC1. The van der Waals surface area contributed by atoms with Crippen molar-refractivity contribution in [2.24, 2.45) is 23.5 Å². The topological polar surface area (TPSA) is 38.0 Å².